The number of aryl methyl sites for hydroxylation is 2. The molecule has 8 nitrogen and oxygen atoms in total. The summed E-state index contributed by atoms with van der Waals surface area (Å²) in [4.78, 5) is 11.2. The molecule has 1 atom stereocenters. The Morgan fingerprint density at radius 1 is 1.03 bits per heavy atom. The molecule has 0 bridgehead atoms. The van der Waals surface area contributed by atoms with E-state index in [9.17, 15) is 10.1 Å². The molecule has 0 radical (unpaired) electrons. The van der Waals surface area contributed by atoms with Crippen molar-refractivity contribution in [2.75, 3.05) is 13.7 Å². The molecule has 37 heavy (non-hydrogen) atoms. The molecule has 0 unspecified atom stereocenters. The number of halogens is 2. The zero-order valence-electron chi connectivity index (χ0n) is 20.4. The third kappa shape index (κ3) is 6.54. The lowest BCUT2D eigenvalue weighted by atomic mass is 10.1. The summed E-state index contributed by atoms with van der Waals surface area (Å²) in [6, 6.07) is 18.6. The number of thioether (sulfide) groups is 1. The first-order valence-corrected chi connectivity index (χ1v) is 12.9. The summed E-state index contributed by atoms with van der Waals surface area (Å²) in [5, 5.41) is 20.4. The van der Waals surface area contributed by atoms with Crippen LogP contribution in [0.3, 0.4) is 0 Å². The standard InChI is InChI=1S/C26H24Cl2N4O4S/c1-16-4-6-18(7-5-16)15-36-25-22(27)12-19(13-23(25)28)24(14-31(33)34)37-26-30-29-17(2)32(26)20-8-10-21(35-3)11-9-20/h4-13,24H,14-15H2,1-3H3/t24-/m0/s1. The summed E-state index contributed by atoms with van der Waals surface area (Å²) in [5.41, 5.74) is 3.51. The molecule has 0 saturated carbocycles. The number of benzene rings is 3. The SMILES string of the molecule is COc1ccc(-n2c(C)nnc2S[C@@H](C[N+](=O)[O-])c2cc(Cl)c(OCc3ccc(C)cc3)c(Cl)c2)cc1. The van der Waals surface area contributed by atoms with Crippen molar-refractivity contribution in [1.82, 2.24) is 14.8 Å². The van der Waals surface area contributed by atoms with Crippen molar-refractivity contribution in [2.45, 2.75) is 30.9 Å². The molecular weight excluding hydrogens is 535 g/mol. The molecule has 4 aromatic rings. The highest BCUT2D eigenvalue weighted by Crippen LogP contribution is 2.42. The zero-order valence-corrected chi connectivity index (χ0v) is 22.7. The second kappa shape index (κ2) is 11.9. The highest BCUT2D eigenvalue weighted by molar-refractivity contribution is 7.99. The molecule has 0 amide bonds. The van der Waals surface area contributed by atoms with E-state index in [1.54, 1.807) is 19.2 Å². The van der Waals surface area contributed by atoms with Crippen LogP contribution in [0.25, 0.3) is 5.69 Å². The molecule has 192 valence electrons. The minimum Gasteiger partial charge on any atom is -0.497 e. The largest absolute Gasteiger partial charge is 0.497 e. The predicted octanol–water partition coefficient (Wildman–Crippen LogP) is 6.89. The van der Waals surface area contributed by atoms with Crippen molar-refractivity contribution in [1.29, 1.82) is 0 Å². The van der Waals surface area contributed by atoms with Crippen LogP contribution in [0, 0.1) is 24.0 Å². The first kappa shape index (κ1) is 26.8. The zero-order chi connectivity index (χ0) is 26.5. The van der Waals surface area contributed by atoms with Gasteiger partial charge in [-0.1, -0.05) is 64.8 Å². The van der Waals surface area contributed by atoms with Crippen LogP contribution in [-0.2, 0) is 6.61 Å². The van der Waals surface area contributed by atoms with Crippen molar-refractivity contribution < 1.29 is 14.4 Å². The molecule has 11 heteroatoms. The fraction of sp³-hybridized carbons (Fsp3) is 0.231. The average Bonchev–Trinajstić information content (AvgIpc) is 3.23. The van der Waals surface area contributed by atoms with E-state index in [1.165, 1.54) is 11.8 Å². The summed E-state index contributed by atoms with van der Waals surface area (Å²) in [5.74, 6) is 1.68. The molecule has 1 aromatic heterocycles. The highest BCUT2D eigenvalue weighted by Gasteiger charge is 2.26. The third-order valence-electron chi connectivity index (χ3n) is 5.58. The van der Waals surface area contributed by atoms with Gasteiger partial charge in [-0.25, -0.2) is 0 Å². The monoisotopic (exact) mass is 558 g/mol. The average molecular weight is 559 g/mol. The summed E-state index contributed by atoms with van der Waals surface area (Å²) in [6.07, 6.45) is 0. The van der Waals surface area contributed by atoms with E-state index < -0.39 is 5.25 Å². The van der Waals surface area contributed by atoms with Gasteiger partial charge in [-0.2, -0.15) is 0 Å². The minimum absolute atomic E-state index is 0.274. The van der Waals surface area contributed by atoms with E-state index in [0.717, 1.165) is 16.8 Å². The second-order valence-electron chi connectivity index (χ2n) is 8.27. The predicted molar refractivity (Wildman–Crippen MR) is 145 cm³/mol. The summed E-state index contributed by atoms with van der Waals surface area (Å²) in [6.45, 7) is 3.75. The minimum atomic E-state index is -0.628. The molecule has 0 saturated heterocycles. The van der Waals surface area contributed by atoms with Crippen LogP contribution in [0.2, 0.25) is 10.0 Å². The molecule has 4 rings (SSSR count). The van der Waals surface area contributed by atoms with Crippen LogP contribution in [0.5, 0.6) is 11.5 Å². The Labute approximate surface area is 228 Å². The van der Waals surface area contributed by atoms with Gasteiger partial charge in [-0.3, -0.25) is 14.7 Å². The van der Waals surface area contributed by atoms with Gasteiger partial charge in [0.1, 0.15) is 23.4 Å². The van der Waals surface area contributed by atoms with Gasteiger partial charge in [-0.05, 0) is 61.4 Å². The van der Waals surface area contributed by atoms with Crippen molar-refractivity contribution in [3.05, 3.63) is 103 Å². The number of nitrogens with zero attached hydrogens (tertiary/aromatic N) is 4. The van der Waals surface area contributed by atoms with Crippen LogP contribution in [0.1, 0.15) is 27.8 Å². The number of rotatable bonds is 10. The van der Waals surface area contributed by atoms with Gasteiger partial charge >= 0.3 is 0 Å². The maximum Gasteiger partial charge on any atom is 0.220 e. The highest BCUT2D eigenvalue weighted by atomic mass is 35.5. The second-order valence-corrected chi connectivity index (χ2v) is 10.3. The first-order chi connectivity index (χ1) is 17.7. The smallest absolute Gasteiger partial charge is 0.220 e. The van der Waals surface area contributed by atoms with Crippen molar-refractivity contribution in [2.24, 2.45) is 0 Å². The number of hydrogen-bond acceptors (Lipinski definition) is 7. The molecule has 1 heterocycles. The molecular formula is C26H24Cl2N4O4S. The topological polar surface area (TPSA) is 92.3 Å². The van der Waals surface area contributed by atoms with Crippen LogP contribution in [-0.4, -0.2) is 33.3 Å². The van der Waals surface area contributed by atoms with Gasteiger partial charge in [0.15, 0.2) is 10.9 Å². The Hall–Kier alpha value is -3.27. The molecule has 0 fully saturated rings. The number of ether oxygens (including phenoxy) is 2. The van der Waals surface area contributed by atoms with Crippen LogP contribution in [0.4, 0.5) is 0 Å². The summed E-state index contributed by atoms with van der Waals surface area (Å²) < 4.78 is 13.0. The van der Waals surface area contributed by atoms with Crippen molar-refractivity contribution in [3.63, 3.8) is 0 Å². The fourth-order valence-electron chi connectivity index (χ4n) is 3.66. The fourth-order valence-corrected chi connectivity index (χ4v) is 5.43. The van der Waals surface area contributed by atoms with E-state index in [-0.39, 0.29) is 28.1 Å². The lowest BCUT2D eigenvalue weighted by molar-refractivity contribution is -0.479. The summed E-state index contributed by atoms with van der Waals surface area (Å²) in [7, 11) is 1.59. The Kier molecular flexibility index (Phi) is 8.58. The van der Waals surface area contributed by atoms with E-state index in [4.69, 9.17) is 32.7 Å². The Bertz CT molecular complexity index is 1370. The molecule has 3 aromatic carbocycles. The van der Waals surface area contributed by atoms with Crippen LogP contribution in [0.15, 0.2) is 65.8 Å². The van der Waals surface area contributed by atoms with Crippen LogP contribution >= 0.6 is 35.0 Å². The van der Waals surface area contributed by atoms with Gasteiger partial charge in [0, 0.05) is 10.6 Å². The molecule has 0 spiro atoms. The van der Waals surface area contributed by atoms with Crippen LogP contribution < -0.4 is 9.47 Å². The number of nitro groups is 1. The quantitative estimate of drug-likeness (QED) is 0.119. The normalized spacial score (nSPS) is 11.8. The van der Waals surface area contributed by atoms with Crippen molar-refractivity contribution in [3.8, 4) is 17.2 Å². The summed E-state index contributed by atoms with van der Waals surface area (Å²) >= 11 is 14.3. The molecule has 0 aliphatic rings. The maximum absolute atomic E-state index is 11.6. The third-order valence-corrected chi connectivity index (χ3v) is 7.33. The van der Waals surface area contributed by atoms with E-state index in [1.807, 2.05) is 66.9 Å². The van der Waals surface area contributed by atoms with Gasteiger partial charge in [0.05, 0.1) is 17.2 Å². The number of aromatic nitrogens is 3. The van der Waals surface area contributed by atoms with E-state index in [0.29, 0.717) is 28.0 Å². The Morgan fingerprint density at radius 3 is 2.27 bits per heavy atom. The Balaban J connectivity index is 1.60. The maximum atomic E-state index is 11.6. The lowest BCUT2D eigenvalue weighted by Crippen LogP contribution is -2.11. The van der Waals surface area contributed by atoms with Gasteiger partial charge in [0.25, 0.3) is 0 Å². The van der Waals surface area contributed by atoms with Gasteiger partial charge in [-0.15, -0.1) is 10.2 Å². The van der Waals surface area contributed by atoms with Gasteiger partial charge < -0.3 is 9.47 Å². The van der Waals surface area contributed by atoms with E-state index in [2.05, 4.69) is 10.2 Å². The van der Waals surface area contributed by atoms with Gasteiger partial charge in [0.2, 0.25) is 6.54 Å². The number of hydrogen-bond donors (Lipinski definition) is 0. The lowest BCUT2D eigenvalue weighted by Gasteiger charge is -2.17. The molecule has 0 aliphatic heterocycles. The number of methoxy groups -OCH3 is 1. The van der Waals surface area contributed by atoms with Crippen molar-refractivity contribution >= 4 is 35.0 Å². The Morgan fingerprint density at radius 2 is 1.68 bits per heavy atom. The molecule has 0 N–H and O–H groups in total. The van der Waals surface area contributed by atoms with E-state index >= 15 is 0 Å². The molecule has 0 aliphatic carbocycles. The first-order valence-electron chi connectivity index (χ1n) is 11.3.